The van der Waals surface area contributed by atoms with Gasteiger partial charge in [-0.05, 0) is 25.0 Å². The number of thiazole rings is 1. The topological polar surface area (TPSA) is 75.4 Å². The number of aliphatic hydroxyl groups excluding tert-OH is 1. The number of carbonyl (C=O) groups is 1. The van der Waals surface area contributed by atoms with Gasteiger partial charge in [0.2, 0.25) is 5.91 Å². The minimum Gasteiger partial charge on any atom is -0.462 e. The fourth-order valence-corrected chi connectivity index (χ4v) is 2.77. The molecule has 0 unspecified atom stereocenters. The lowest BCUT2D eigenvalue weighted by Gasteiger charge is -2.12. The molecule has 0 spiro atoms. The van der Waals surface area contributed by atoms with Crippen molar-refractivity contribution in [3.05, 3.63) is 29.5 Å². The molecule has 3 rings (SSSR count). The number of hydrogen-bond acceptors (Lipinski definition) is 5. The average Bonchev–Trinajstić information content (AvgIpc) is 2.86. The predicted molar refractivity (Wildman–Crippen MR) is 75.3 cm³/mol. The quantitative estimate of drug-likeness (QED) is 0.852. The Balaban J connectivity index is 1.54. The first kappa shape index (κ1) is 13.3. The Kier molecular flexibility index (Phi) is 3.58. The maximum Gasteiger partial charge on any atom is 0.226 e. The van der Waals surface area contributed by atoms with Crippen LogP contribution in [0.5, 0.6) is 0 Å². The van der Waals surface area contributed by atoms with Crippen LogP contribution in [0.15, 0.2) is 28.2 Å². The molecule has 0 radical (unpaired) electrons. The highest BCUT2D eigenvalue weighted by Crippen LogP contribution is 2.44. The van der Waals surface area contributed by atoms with Gasteiger partial charge in [-0.2, -0.15) is 0 Å². The van der Waals surface area contributed by atoms with Gasteiger partial charge in [-0.3, -0.25) is 4.79 Å². The largest absolute Gasteiger partial charge is 0.462 e. The van der Waals surface area contributed by atoms with E-state index in [0.717, 1.165) is 29.3 Å². The monoisotopic (exact) mass is 292 g/mol. The van der Waals surface area contributed by atoms with Crippen molar-refractivity contribution in [2.45, 2.75) is 19.3 Å². The molecule has 6 heteroatoms. The summed E-state index contributed by atoms with van der Waals surface area (Å²) in [5.41, 5.74) is 0.685. The van der Waals surface area contributed by atoms with E-state index in [2.05, 4.69) is 10.3 Å². The van der Waals surface area contributed by atoms with Crippen molar-refractivity contribution in [1.29, 1.82) is 0 Å². The van der Waals surface area contributed by atoms with E-state index in [1.165, 1.54) is 11.3 Å². The van der Waals surface area contributed by atoms with E-state index in [9.17, 15) is 9.90 Å². The first-order valence-corrected chi connectivity index (χ1v) is 7.45. The fourth-order valence-electron chi connectivity index (χ4n) is 1.98. The highest BCUT2D eigenvalue weighted by Gasteiger charge is 2.42. The van der Waals surface area contributed by atoms with Crippen molar-refractivity contribution in [2.24, 2.45) is 5.41 Å². The minimum absolute atomic E-state index is 0.0546. The van der Waals surface area contributed by atoms with E-state index in [1.54, 1.807) is 6.26 Å². The van der Waals surface area contributed by atoms with Gasteiger partial charge in [0, 0.05) is 17.3 Å². The summed E-state index contributed by atoms with van der Waals surface area (Å²) in [7, 11) is 0. The molecule has 1 fully saturated rings. The van der Waals surface area contributed by atoms with Crippen molar-refractivity contribution in [2.75, 3.05) is 13.2 Å². The van der Waals surface area contributed by atoms with Crippen molar-refractivity contribution < 1.29 is 14.3 Å². The van der Waals surface area contributed by atoms with Crippen molar-refractivity contribution >= 4 is 17.2 Å². The Morgan fingerprint density at radius 2 is 2.40 bits per heavy atom. The van der Waals surface area contributed by atoms with Gasteiger partial charge < -0.3 is 14.8 Å². The van der Waals surface area contributed by atoms with Gasteiger partial charge >= 0.3 is 0 Å². The number of hydrogen-bond donors (Lipinski definition) is 2. The molecular formula is C14H16N2O3S. The SMILES string of the molecule is O=C(Cc1csc(-c2ccco2)n1)NCC1(CO)CC1. The van der Waals surface area contributed by atoms with E-state index in [1.807, 2.05) is 17.5 Å². The summed E-state index contributed by atoms with van der Waals surface area (Å²) in [6.07, 6.45) is 3.85. The summed E-state index contributed by atoms with van der Waals surface area (Å²) in [4.78, 5) is 16.2. The molecule has 1 amide bonds. The molecule has 0 atom stereocenters. The Morgan fingerprint density at radius 3 is 3.05 bits per heavy atom. The number of amides is 1. The van der Waals surface area contributed by atoms with Crippen LogP contribution in [0, 0.1) is 5.41 Å². The lowest BCUT2D eigenvalue weighted by molar-refractivity contribution is -0.120. The van der Waals surface area contributed by atoms with Crippen LogP contribution in [-0.2, 0) is 11.2 Å². The van der Waals surface area contributed by atoms with Gasteiger partial charge in [0.05, 0.1) is 25.0 Å². The summed E-state index contributed by atoms with van der Waals surface area (Å²) in [6.45, 7) is 0.699. The fraction of sp³-hybridized carbons (Fsp3) is 0.429. The van der Waals surface area contributed by atoms with Crippen LogP contribution < -0.4 is 5.32 Å². The molecular weight excluding hydrogens is 276 g/mol. The summed E-state index contributed by atoms with van der Waals surface area (Å²) < 4.78 is 5.27. The van der Waals surface area contributed by atoms with Crippen LogP contribution in [0.25, 0.3) is 10.8 Å². The van der Waals surface area contributed by atoms with Gasteiger partial charge in [0.15, 0.2) is 10.8 Å². The van der Waals surface area contributed by atoms with E-state index in [0.29, 0.717) is 6.54 Å². The maximum atomic E-state index is 11.8. The Bertz CT molecular complexity index is 587. The number of carbonyl (C=O) groups excluding carboxylic acids is 1. The van der Waals surface area contributed by atoms with Gasteiger partial charge in [-0.15, -0.1) is 11.3 Å². The normalized spacial score (nSPS) is 16.1. The molecule has 2 aromatic rings. The lowest BCUT2D eigenvalue weighted by atomic mass is 10.1. The highest BCUT2D eigenvalue weighted by molar-refractivity contribution is 7.13. The molecule has 0 saturated heterocycles. The van der Waals surface area contributed by atoms with Crippen LogP contribution in [0.3, 0.4) is 0 Å². The zero-order valence-electron chi connectivity index (χ0n) is 11.0. The van der Waals surface area contributed by atoms with Crippen LogP contribution in [-0.4, -0.2) is 29.1 Å². The molecule has 2 heterocycles. The molecule has 1 saturated carbocycles. The third kappa shape index (κ3) is 2.91. The molecule has 1 aliphatic rings. The Hall–Kier alpha value is -1.66. The van der Waals surface area contributed by atoms with Crippen LogP contribution in [0.1, 0.15) is 18.5 Å². The summed E-state index contributed by atoms with van der Waals surface area (Å²) in [5.74, 6) is 0.667. The molecule has 0 aliphatic heterocycles. The molecule has 0 aromatic carbocycles. The first-order valence-electron chi connectivity index (χ1n) is 6.57. The first-order chi connectivity index (χ1) is 9.71. The molecule has 20 heavy (non-hydrogen) atoms. The highest BCUT2D eigenvalue weighted by atomic mass is 32.1. The van der Waals surface area contributed by atoms with Gasteiger partial charge in [-0.25, -0.2) is 4.98 Å². The smallest absolute Gasteiger partial charge is 0.226 e. The minimum atomic E-state index is -0.0585. The van der Waals surface area contributed by atoms with Gasteiger partial charge in [0.1, 0.15) is 0 Å². The van der Waals surface area contributed by atoms with Crippen molar-refractivity contribution in [3.63, 3.8) is 0 Å². The molecule has 1 aliphatic carbocycles. The Labute approximate surface area is 120 Å². The standard InChI is InChI=1S/C14H16N2O3S/c17-9-14(3-4-14)8-15-12(18)6-10-7-20-13(16-10)11-2-1-5-19-11/h1-2,5,7,17H,3-4,6,8-9H2,(H,15,18). The third-order valence-corrected chi connectivity index (χ3v) is 4.48. The van der Waals surface area contributed by atoms with Gasteiger partial charge in [0.25, 0.3) is 0 Å². The second kappa shape index (κ2) is 5.38. The molecule has 0 bridgehead atoms. The van der Waals surface area contributed by atoms with Crippen LogP contribution in [0.4, 0.5) is 0 Å². The number of aliphatic hydroxyl groups is 1. The van der Waals surface area contributed by atoms with Crippen LogP contribution >= 0.6 is 11.3 Å². The van der Waals surface area contributed by atoms with Gasteiger partial charge in [-0.1, -0.05) is 0 Å². The molecule has 2 N–H and O–H groups in total. The van der Waals surface area contributed by atoms with Crippen LogP contribution in [0.2, 0.25) is 0 Å². The van der Waals surface area contributed by atoms with E-state index in [4.69, 9.17) is 4.42 Å². The number of rotatable bonds is 6. The second-order valence-corrected chi connectivity index (χ2v) is 6.09. The zero-order chi connectivity index (χ0) is 14.0. The number of nitrogens with one attached hydrogen (secondary N) is 1. The second-order valence-electron chi connectivity index (χ2n) is 5.23. The predicted octanol–water partition coefficient (Wildman–Crippen LogP) is 1.83. The zero-order valence-corrected chi connectivity index (χ0v) is 11.8. The molecule has 106 valence electrons. The third-order valence-electron chi connectivity index (χ3n) is 3.58. The van der Waals surface area contributed by atoms with E-state index < -0.39 is 0 Å². The summed E-state index contributed by atoms with van der Waals surface area (Å²) in [5, 5.41) is 14.7. The van der Waals surface area contributed by atoms with Crippen molar-refractivity contribution in [3.8, 4) is 10.8 Å². The van der Waals surface area contributed by atoms with E-state index in [-0.39, 0.29) is 24.3 Å². The lowest BCUT2D eigenvalue weighted by Crippen LogP contribution is -2.32. The average molecular weight is 292 g/mol. The number of aromatic nitrogens is 1. The van der Waals surface area contributed by atoms with E-state index >= 15 is 0 Å². The summed E-state index contributed by atoms with van der Waals surface area (Å²) >= 11 is 1.46. The molecule has 5 nitrogen and oxygen atoms in total. The van der Waals surface area contributed by atoms with Crippen molar-refractivity contribution in [1.82, 2.24) is 10.3 Å². The molecule has 2 aromatic heterocycles. The number of furan rings is 1. The maximum absolute atomic E-state index is 11.8. The summed E-state index contributed by atoms with van der Waals surface area (Å²) in [6, 6.07) is 3.66. The number of nitrogens with zero attached hydrogens (tertiary/aromatic N) is 1. The Morgan fingerprint density at radius 1 is 1.55 bits per heavy atom.